The average molecular weight is 310 g/mol. The number of nitrogens with zero attached hydrogens (tertiary/aromatic N) is 4. The molecular weight excluding hydrogens is 298 g/mol. The molecule has 0 fully saturated rings. The van der Waals surface area contributed by atoms with E-state index in [2.05, 4.69) is 36.3 Å². The van der Waals surface area contributed by atoms with Crippen molar-refractivity contribution in [1.29, 1.82) is 0 Å². The molecule has 0 aromatic carbocycles. The van der Waals surface area contributed by atoms with Crippen molar-refractivity contribution < 1.29 is 4.79 Å². The zero-order valence-electron chi connectivity index (χ0n) is 10.0. The van der Waals surface area contributed by atoms with Gasteiger partial charge in [-0.05, 0) is 35.8 Å². The summed E-state index contributed by atoms with van der Waals surface area (Å²) in [7, 11) is 0. The van der Waals surface area contributed by atoms with Crippen molar-refractivity contribution in [3.8, 4) is 0 Å². The van der Waals surface area contributed by atoms with Gasteiger partial charge in [-0.3, -0.25) is 9.48 Å². The fourth-order valence-electron chi connectivity index (χ4n) is 1.53. The Bertz CT molecular complexity index is 563. The van der Waals surface area contributed by atoms with Crippen molar-refractivity contribution in [2.24, 2.45) is 0 Å². The minimum absolute atomic E-state index is 0.242. The molecule has 0 bridgehead atoms. The van der Waals surface area contributed by atoms with Crippen LogP contribution >= 0.6 is 15.9 Å². The van der Waals surface area contributed by atoms with Crippen LogP contribution in [0.15, 0.2) is 23.1 Å². The molecule has 0 saturated heterocycles. The fourth-order valence-corrected chi connectivity index (χ4v) is 1.73. The third kappa shape index (κ3) is 2.73. The molecule has 0 aliphatic heterocycles. The van der Waals surface area contributed by atoms with Gasteiger partial charge in [-0.2, -0.15) is 5.10 Å². The lowest BCUT2D eigenvalue weighted by Crippen LogP contribution is -2.18. The Labute approximate surface area is 113 Å². The topological polar surface area (TPSA) is 72.7 Å². The smallest absolute Gasteiger partial charge is 0.275 e. The number of rotatable bonds is 3. The van der Waals surface area contributed by atoms with Gasteiger partial charge in [0.05, 0.1) is 18.1 Å². The molecule has 0 atom stereocenters. The van der Waals surface area contributed by atoms with Gasteiger partial charge in [0.2, 0.25) is 0 Å². The van der Waals surface area contributed by atoms with E-state index in [4.69, 9.17) is 0 Å². The molecule has 94 valence electrons. The molecule has 0 radical (unpaired) electrons. The van der Waals surface area contributed by atoms with Crippen molar-refractivity contribution in [3.05, 3.63) is 34.5 Å². The zero-order chi connectivity index (χ0) is 13.1. The number of nitrogens with one attached hydrogen (secondary N) is 1. The molecule has 1 amide bonds. The summed E-state index contributed by atoms with van der Waals surface area (Å²) in [6.45, 7) is 4.42. The summed E-state index contributed by atoms with van der Waals surface area (Å²) in [6, 6.07) is 1.74. The second-order valence-electron chi connectivity index (χ2n) is 3.67. The molecule has 2 rings (SSSR count). The fraction of sp³-hybridized carbons (Fsp3) is 0.273. The number of hydrogen-bond donors (Lipinski definition) is 1. The maximum Gasteiger partial charge on any atom is 0.275 e. The summed E-state index contributed by atoms with van der Waals surface area (Å²) in [4.78, 5) is 20.1. The molecule has 0 aliphatic rings. The van der Waals surface area contributed by atoms with E-state index in [1.165, 1.54) is 12.4 Å². The highest BCUT2D eigenvalue weighted by Gasteiger charge is 2.13. The molecule has 2 aromatic rings. The van der Waals surface area contributed by atoms with E-state index in [1.807, 2.05) is 13.8 Å². The number of halogens is 1. The highest BCUT2D eigenvalue weighted by Crippen LogP contribution is 2.09. The first kappa shape index (κ1) is 12.7. The normalized spacial score (nSPS) is 10.4. The van der Waals surface area contributed by atoms with Gasteiger partial charge in [0, 0.05) is 6.54 Å². The standard InChI is InChI=1S/C11H12BrN5O/c1-3-17-8(4-7(2)16-17)11(18)15-10-6-13-9(12)5-14-10/h4-6H,3H2,1-2H3,(H,14,15,18). The summed E-state index contributed by atoms with van der Waals surface area (Å²) in [6.07, 6.45) is 3.01. The van der Waals surface area contributed by atoms with Crippen LogP contribution in [0.3, 0.4) is 0 Å². The number of anilines is 1. The molecule has 0 unspecified atom stereocenters. The highest BCUT2D eigenvalue weighted by molar-refractivity contribution is 9.10. The lowest BCUT2D eigenvalue weighted by Gasteiger charge is -2.05. The first-order valence-electron chi connectivity index (χ1n) is 5.43. The molecule has 0 aliphatic carbocycles. The Morgan fingerprint density at radius 1 is 1.44 bits per heavy atom. The van der Waals surface area contributed by atoms with Gasteiger partial charge in [-0.25, -0.2) is 9.97 Å². The van der Waals surface area contributed by atoms with Gasteiger partial charge in [0.1, 0.15) is 10.3 Å². The van der Waals surface area contributed by atoms with Crippen LogP contribution in [-0.2, 0) is 6.54 Å². The molecular formula is C11H12BrN5O. The largest absolute Gasteiger partial charge is 0.304 e. The Morgan fingerprint density at radius 3 is 2.83 bits per heavy atom. The molecule has 2 heterocycles. The zero-order valence-corrected chi connectivity index (χ0v) is 11.6. The first-order valence-corrected chi connectivity index (χ1v) is 6.22. The Balaban J connectivity index is 2.19. The third-order valence-corrected chi connectivity index (χ3v) is 2.71. The van der Waals surface area contributed by atoms with Crippen LogP contribution in [0.25, 0.3) is 0 Å². The van der Waals surface area contributed by atoms with Gasteiger partial charge in [-0.15, -0.1) is 0 Å². The molecule has 0 spiro atoms. The maximum atomic E-state index is 12.0. The summed E-state index contributed by atoms with van der Waals surface area (Å²) >= 11 is 3.18. The van der Waals surface area contributed by atoms with Crippen molar-refractivity contribution >= 4 is 27.7 Å². The van der Waals surface area contributed by atoms with Gasteiger partial charge in [-0.1, -0.05) is 0 Å². The van der Waals surface area contributed by atoms with Gasteiger partial charge in [0.15, 0.2) is 5.82 Å². The number of hydrogen-bond acceptors (Lipinski definition) is 4. The highest BCUT2D eigenvalue weighted by atomic mass is 79.9. The molecule has 6 nitrogen and oxygen atoms in total. The van der Waals surface area contributed by atoms with Crippen LogP contribution < -0.4 is 5.32 Å². The van der Waals surface area contributed by atoms with E-state index in [0.29, 0.717) is 22.7 Å². The van der Waals surface area contributed by atoms with Crippen molar-refractivity contribution in [2.45, 2.75) is 20.4 Å². The molecule has 2 aromatic heterocycles. The summed E-state index contributed by atoms with van der Waals surface area (Å²) in [5.74, 6) is 0.166. The second kappa shape index (κ2) is 5.26. The summed E-state index contributed by atoms with van der Waals surface area (Å²) < 4.78 is 2.27. The molecule has 18 heavy (non-hydrogen) atoms. The first-order chi connectivity index (χ1) is 8.60. The predicted molar refractivity (Wildman–Crippen MR) is 70.3 cm³/mol. The van der Waals surface area contributed by atoms with Crippen molar-refractivity contribution in [2.75, 3.05) is 5.32 Å². The van der Waals surface area contributed by atoms with Crippen LogP contribution in [0, 0.1) is 6.92 Å². The van der Waals surface area contributed by atoms with E-state index < -0.39 is 0 Å². The van der Waals surface area contributed by atoms with Crippen LogP contribution in [0.5, 0.6) is 0 Å². The summed E-state index contributed by atoms with van der Waals surface area (Å²) in [5.41, 5.74) is 1.32. The van der Waals surface area contributed by atoms with E-state index in [0.717, 1.165) is 5.69 Å². The predicted octanol–water partition coefficient (Wildman–Crippen LogP) is 2.02. The van der Waals surface area contributed by atoms with Crippen LogP contribution in [0.1, 0.15) is 23.1 Å². The Kier molecular flexibility index (Phi) is 3.71. The lowest BCUT2D eigenvalue weighted by atomic mass is 10.3. The monoisotopic (exact) mass is 309 g/mol. The Morgan fingerprint density at radius 2 is 2.22 bits per heavy atom. The number of aromatic nitrogens is 4. The van der Waals surface area contributed by atoms with Gasteiger partial charge < -0.3 is 5.32 Å². The molecule has 1 N–H and O–H groups in total. The number of carbonyl (C=O) groups is 1. The van der Waals surface area contributed by atoms with E-state index in [-0.39, 0.29) is 5.91 Å². The lowest BCUT2D eigenvalue weighted by molar-refractivity contribution is 0.101. The number of amides is 1. The second-order valence-corrected chi connectivity index (χ2v) is 4.48. The van der Waals surface area contributed by atoms with Crippen LogP contribution in [-0.4, -0.2) is 25.7 Å². The third-order valence-electron chi connectivity index (χ3n) is 2.30. The van der Waals surface area contributed by atoms with Crippen LogP contribution in [0.2, 0.25) is 0 Å². The van der Waals surface area contributed by atoms with Gasteiger partial charge in [0.25, 0.3) is 5.91 Å². The van der Waals surface area contributed by atoms with Crippen LogP contribution in [0.4, 0.5) is 5.82 Å². The number of carbonyl (C=O) groups excluding carboxylic acids is 1. The minimum Gasteiger partial charge on any atom is -0.304 e. The molecule has 0 saturated carbocycles. The molecule has 7 heteroatoms. The van der Waals surface area contributed by atoms with Crippen molar-refractivity contribution in [1.82, 2.24) is 19.7 Å². The SMILES string of the molecule is CCn1nc(C)cc1C(=O)Nc1cnc(Br)cn1. The van der Waals surface area contributed by atoms with E-state index in [9.17, 15) is 4.79 Å². The summed E-state index contributed by atoms with van der Waals surface area (Å²) in [5, 5.41) is 6.90. The maximum absolute atomic E-state index is 12.0. The van der Waals surface area contributed by atoms with E-state index >= 15 is 0 Å². The number of aryl methyl sites for hydroxylation is 2. The van der Waals surface area contributed by atoms with Crippen molar-refractivity contribution in [3.63, 3.8) is 0 Å². The quantitative estimate of drug-likeness (QED) is 0.941. The van der Waals surface area contributed by atoms with E-state index in [1.54, 1.807) is 10.7 Å². The Hall–Kier alpha value is -1.76. The minimum atomic E-state index is -0.242. The van der Waals surface area contributed by atoms with Gasteiger partial charge >= 0.3 is 0 Å². The average Bonchev–Trinajstić information content (AvgIpc) is 2.73.